The van der Waals surface area contributed by atoms with Crippen molar-refractivity contribution in [3.05, 3.63) is 59.9 Å². The van der Waals surface area contributed by atoms with E-state index < -0.39 is 0 Å². The van der Waals surface area contributed by atoms with Crippen LogP contribution in [0.15, 0.2) is 48.5 Å². The number of hydrogen-bond donors (Lipinski definition) is 4. The number of rotatable bonds is 6. The van der Waals surface area contributed by atoms with Crippen LogP contribution >= 0.6 is 0 Å². The SMILES string of the molecule is CC(CN)C(=O)NC(Cc1ccc(O)cc1)c1nc2ccccc2[nH]1. The number of nitrogens with two attached hydrogens (primary N) is 1. The largest absolute Gasteiger partial charge is 0.508 e. The van der Waals surface area contributed by atoms with Crippen molar-refractivity contribution in [2.24, 2.45) is 11.7 Å². The van der Waals surface area contributed by atoms with E-state index in [9.17, 15) is 9.90 Å². The molecule has 0 aliphatic carbocycles. The number of nitrogens with one attached hydrogen (secondary N) is 2. The van der Waals surface area contributed by atoms with Gasteiger partial charge in [0.1, 0.15) is 11.6 Å². The highest BCUT2D eigenvalue weighted by molar-refractivity contribution is 5.79. The number of benzene rings is 2. The fourth-order valence-corrected chi connectivity index (χ4v) is 2.64. The molecule has 2 unspecified atom stereocenters. The number of phenolic OH excluding ortho intramolecular Hbond substituents is 1. The number of aromatic amines is 1. The molecule has 0 fully saturated rings. The predicted octanol–water partition coefficient (Wildman–Crippen LogP) is 2.26. The summed E-state index contributed by atoms with van der Waals surface area (Å²) in [7, 11) is 0. The molecule has 0 aliphatic heterocycles. The minimum Gasteiger partial charge on any atom is -0.508 e. The number of H-pyrrole nitrogens is 1. The number of nitrogens with zero attached hydrogens (tertiary/aromatic N) is 1. The van der Waals surface area contributed by atoms with Crippen molar-refractivity contribution < 1.29 is 9.90 Å². The average molecular weight is 338 g/mol. The predicted molar refractivity (Wildman–Crippen MR) is 97.0 cm³/mol. The molecular formula is C19H22N4O2. The number of amides is 1. The van der Waals surface area contributed by atoms with Crippen LogP contribution in [0.3, 0.4) is 0 Å². The van der Waals surface area contributed by atoms with Crippen LogP contribution in [0.1, 0.15) is 24.4 Å². The number of phenols is 1. The normalized spacial score (nSPS) is 13.5. The molecule has 6 nitrogen and oxygen atoms in total. The van der Waals surface area contributed by atoms with Gasteiger partial charge < -0.3 is 21.1 Å². The van der Waals surface area contributed by atoms with Gasteiger partial charge in [0.15, 0.2) is 0 Å². The molecule has 25 heavy (non-hydrogen) atoms. The first-order valence-corrected chi connectivity index (χ1v) is 8.30. The van der Waals surface area contributed by atoms with Crippen molar-refractivity contribution in [3.8, 4) is 5.75 Å². The number of para-hydroxylation sites is 2. The van der Waals surface area contributed by atoms with Crippen molar-refractivity contribution in [2.75, 3.05) is 6.54 Å². The van der Waals surface area contributed by atoms with Gasteiger partial charge in [-0.15, -0.1) is 0 Å². The van der Waals surface area contributed by atoms with Gasteiger partial charge in [-0.3, -0.25) is 4.79 Å². The molecule has 130 valence electrons. The summed E-state index contributed by atoms with van der Waals surface area (Å²) >= 11 is 0. The van der Waals surface area contributed by atoms with Crippen molar-refractivity contribution in [1.82, 2.24) is 15.3 Å². The number of aromatic nitrogens is 2. The third kappa shape index (κ3) is 3.97. The Morgan fingerprint density at radius 1 is 1.24 bits per heavy atom. The summed E-state index contributed by atoms with van der Waals surface area (Å²) < 4.78 is 0. The van der Waals surface area contributed by atoms with Gasteiger partial charge in [0.25, 0.3) is 0 Å². The molecule has 2 aromatic carbocycles. The molecule has 5 N–H and O–H groups in total. The van der Waals surface area contributed by atoms with Crippen LogP contribution in [0.4, 0.5) is 0 Å². The Bertz CT molecular complexity index is 824. The first kappa shape index (κ1) is 17.0. The number of carbonyl (C=O) groups is 1. The Hall–Kier alpha value is -2.86. The van der Waals surface area contributed by atoms with E-state index in [1.54, 1.807) is 19.1 Å². The second kappa shape index (κ2) is 7.36. The highest BCUT2D eigenvalue weighted by Gasteiger charge is 2.21. The van der Waals surface area contributed by atoms with Crippen LogP contribution in [0.5, 0.6) is 5.75 Å². The van der Waals surface area contributed by atoms with Crippen LogP contribution < -0.4 is 11.1 Å². The highest BCUT2D eigenvalue weighted by Crippen LogP contribution is 2.21. The van der Waals surface area contributed by atoms with E-state index >= 15 is 0 Å². The molecule has 1 heterocycles. The van der Waals surface area contributed by atoms with E-state index in [2.05, 4.69) is 15.3 Å². The van der Waals surface area contributed by atoms with E-state index in [1.165, 1.54) is 0 Å². The summed E-state index contributed by atoms with van der Waals surface area (Å²) in [4.78, 5) is 20.2. The lowest BCUT2D eigenvalue weighted by Crippen LogP contribution is -2.37. The second-order valence-corrected chi connectivity index (χ2v) is 6.21. The zero-order chi connectivity index (χ0) is 17.8. The maximum atomic E-state index is 12.3. The summed E-state index contributed by atoms with van der Waals surface area (Å²) in [6.07, 6.45) is 0.559. The highest BCUT2D eigenvalue weighted by atomic mass is 16.3. The number of fused-ring (bicyclic) bond motifs is 1. The maximum Gasteiger partial charge on any atom is 0.224 e. The molecule has 1 aromatic heterocycles. The molecule has 2 atom stereocenters. The summed E-state index contributed by atoms with van der Waals surface area (Å²) in [5.41, 5.74) is 8.38. The lowest BCUT2D eigenvalue weighted by Gasteiger charge is -2.19. The molecule has 3 aromatic rings. The molecule has 0 radical (unpaired) electrons. The van der Waals surface area contributed by atoms with Crippen LogP contribution in [0, 0.1) is 5.92 Å². The maximum absolute atomic E-state index is 12.3. The molecule has 3 rings (SSSR count). The summed E-state index contributed by atoms with van der Waals surface area (Å²) in [6, 6.07) is 14.4. The van der Waals surface area contributed by atoms with Gasteiger partial charge in [-0.05, 0) is 36.2 Å². The van der Waals surface area contributed by atoms with Crippen molar-refractivity contribution in [2.45, 2.75) is 19.4 Å². The van der Waals surface area contributed by atoms with E-state index in [1.807, 2.05) is 36.4 Å². The average Bonchev–Trinajstić information content (AvgIpc) is 3.06. The second-order valence-electron chi connectivity index (χ2n) is 6.21. The molecule has 0 saturated heterocycles. The van der Waals surface area contributed by atoms with Crippen molar-refractivity contribution in [3.63, 3.8) is 0 Å². The lowest BCUT2D eigenvalue weighted by molar-refractivity contribution is -0.125. The van der Waals surface area contributed by atoms with Crippen LogP contribution in [0.25, 0.3) is 11.0 Å². The fourth-order valence-electron chi connectivity index (χ4n) is 2.64. The fraction of sp³-hybridized carbons (Fsp3) is 0.263. The minimum atomic E-state index is -0.307. The third-order valence-corrected chi connectivity index (χ3v) is 4.23. The van der Waals surface area contributed by atoms with E-state index in [0.717, 1.165) is 16.6 Å². The Labute approximate surface area is 146 Å². The number of hydrogen-bond acceptors (Lipinski definition) is 4. The van der Waals surface area contributed by atoms with Crippen molar-refractivity contribution >= 4 is 16.9 Å². The van der Waals surface area contributed by atoms with Crippen molar-refractivity contribution in [1.29, 1.82) is 0 Å². The number of aromatic hydroxyl groups is 1. The van der Waals surface area contributed by atoms with E-state index in [-0.39, 0.29) is 30.2 Å². The minimum absolute atomic E-state index is 0.105. The lowest BCUT2D eigenvalue weighted by atomic mass is 10.0. The van der Waals surface area contributed by atoms with Gasteiger partial charge >= 0.3 is 0 Å². The van der Waals surface area contributed by atoms with Gasteiger partial charge in [0.2, 0.25) is 5.91 Å². The van der Waals surface area contributed by atoms with Crippen LogP contribution in [0.2, 0.25) is 0 Å². The number of imidazole rings is 1. The Morgan fingerprint density at radius 3 is 2.64 bits per heavy atom. The van der Waals surface area contributed by atoms with Gasteiger partial charge in [-0.25, -0.2) is 4.98 Å². The zero-order valence-corrected chi connectivity index (χ0v) is 14.1. The van der Waals surface area contributed by atoms with E-state index in [0.29, 0.717) is 12.2 Å². The van der Waals surface area contributed by atoms with Crippen LogP contribution in [-0.2, 0) is 11.2 Å². The standard InChI is InChI=1S/C19H22N4O2/c1-12(11-20)19(25)23-17(10-13-6-8-14(24)9-7-13)18-21-15-4-2-3-5-16(15)22-18/h2-9,12,17,24H,10-11,20H2,1H3,(H,21,22)(H,23,25). The van der Waals surface area contributed by atoms with Gasteiger partial charge in [-0.2, -0.15) is 0 Å². The molecule has 0 aliphatic rings. The van der Waals surface area contributed by atoms with Gasteiger partial charge in [-0.1, -0.05) is 31.2 Å². The van der Waals surface area contributed by atoms with E-state index in [4.69, 9.17) is 5.73 Å². The monoisotopic (exact) mass is 338 g/mol. The van der Waals surface area contributed by atoms with Gasteiger partial charge in [0.05, 0.1) is 17.1 Å². The summed E-state index contributed by atoms with van der Waals surface area (Å²) in [6.45, 7) is 2.09. The topological polar surface area (TPSA) is 104 Å². The zero-order valence-electron chi connectivity index (χ0n) is 14.1. The summed E-state index contributed by atoms with van der Waals surface area (Å²) in [5, 5.41) is 12.5. The number of carbonyl (C=O) groups excluding carboxylic acids is 1. The molecule has 1 amide bonds. The first-order valence-electron chi connectivity index (χ1n) is 8.30. The molecule has 0 bridgehead atoms. The Morgan fingerprint density at radius 2 is 1.96 bits per heavy atom. The molecule has 0 spiro atoms. The Balaban J connectivity index is 1.89. The molecule has 0 saturated carbocycles. The van der Waals surface area contributed by atoms with Gasteiger partial charge in [0, 0.05) is 12.5 Å². The smallest absolute Gasteiger partial charge is 0.224 e. The third-order valence-electron chi connectivity index (χ3n) is 4.23. The molecular weight excluding hydrogens is 316 g/mol. The summed E-state index contributed by atoms with van der Waals surface area (Å²) in [5.74, 6) is 0.537. The quantitative estimate of drug-likeness (QED) is 0.553. The van der Waals surface area contributed by atoms with Crippen LogP contribution in [-0.4, -0.2) is 27.5 Å². The Kier molecular flexibility index (Phi) is 5.00. The molecule has 6 heteroatoms. The first-order chi connectivity index (χ1) is 12.1.